The van der Waals surface area contributed by atoms with Gasteiger partial charge in [-0.25, -0.2) is 14.2 Å². The highest BCUT2D eigenvalue weighted by Gasteiger charge is 2.11. The standard InChI is InChI=1S/C17H11BrFNO3/c1-22-17(21)11-3-7-15(20-9-11)23-14-6-2-10-8-12(18)4-5-13(10)16(14)19/h2-9H,1H3. The van der Waals surface area contributed by atoms with Crippen LogP contribution in [0.2, 0.25) is 0 Å². The molecule has 0 spiro atoms. The van der Waals surface area contributed by atoms with Gasteiger partial charge in [0, 0.05) is 22.1 Å². The van der Waals surface area contributed by atoms with Crippen LogP contribution in [0.15, 0.2) is 53.1 Å². The number of hydrogen-bond acceptors (Lipinski definition) is 4. The quantitative estimate of drug-likeness (QED) is 0.621. The molecule has 3 aromatic rings. The summed E-state index contributed by atoms with van der Waals surface area (Å²) in [5, 5.41) is 1.22. The summed E-state index contributed by atoms with van der Waals surface area (Å²) in [6.07, 6.45) is 1.32. The van der Waals surface area contributed by atoms with E-state index in [1.165, 1.54) is 25.4 Å². The lowest BCUT2D eigenvalue weighted by Crippen LogP contribution is -2.01. The Balaban J connectivity index is 1.91. The number of halogens is 2. The minimum absolute atomic E-state index is 0.0677. The molecule has 0 unspecified atom stereocenters. The molecule has 6 heteroatoms. The third-order valence-electron chi connectivity index (χ3n) is 3.25. The van der Waals surface area contributed by atoms with Crippen molar-refractivity contribution in [2.24, 2.45) is 0 Å². The summed E-state index contributed by atoms with van der Waals surface area (Å²) in [6.45, 7) is 0. The molecule has 3 rings (SSSR count). The second-order valence-electron chi connectivity index (χ2n) is 4.72. The molecule has 23 heavy (non-hydrogen) atoms. The monoisotopic (exact) mass is 375 g/mol. The van der Waals surface area contributed by atoms with E-state index in [1.807, 2.05) is 6.07 Å². The Bertz CT molecular complexity index is 881. The summed E-state index contributed by atoms with van der Waals surface area (Å²) < 4.78 is 25.4. The number of hydrogen-bond donors (Lipinski definition) is 0. The number of aromatic nitrogens is 1. The van der Waals surface area contributed by atoms with E-state index in [9.17, 15) is 9.18 Å². The molecule has 0 fully saturated rings. The molecule has 116 valence electrons. The lowest BCUT2D eigenvalue weighted by molar-refractivity contribution is 0.0600. The van der Waals surface area contributed by atoms with Gasteiger partial charge in [-0.05, 0) is 29.7 Å². The van der Waals surface area contributed by atoms with Crippen LogP contribution in [0.25, 0.3) is 10.8 Å². The average Bonchev–Trinajstić information content (AvgIpc) is 2.57. The number of carbonyl (C=O) groups excluding carboxylic acids is 1. The van der Waals surface area contributed by atoms with E-state index in [0.29, 0.717) is 10.9 Å². The van der Waals surface area contributed by atoms with E-state index in [-0.39, 0.29) is 11.6 Å². The van der Waals surface area contributed by atoms with Crippen LogP contribution in [0.4, 0.5) is 4.39 Å². The molecule has 0 aliphatic rings. The Hall–Kier alpha value is -2.47. The van der Waals surface area contributed by atoms with Crippen molar-refractivity contribution in [3.8, 4) is 11.6 Å². The zero-order valence-electron chi connectivity index (χ0n) is 12.0. The minimum atomic E-state index is -0.494. The van der Waals surface area contributed by atoms with Crippen LogP contribution in [-0.4, -0.2) is 18.1 Å². The summed E-state index contributed by atoms with van der Waals surface area (Å²) in [5.41, 5.74) is 0.295. The molecule has 1 heterocycles. The Kier molecular flexibility index (Phi) is 4.25. The van der Waals surface area contributed by atoms with Crippen molar-refractivity contribution in [3.63, 3.8) is 0 Å². The number of fused-ring (bicyclic) bond motifs is 1. The third kappa shape index (κ3) is 3.17. The van der Waals surface area contributed by atoms with Crippen LogP contribution in [0.3, 0.4) is 0 Å². The second-order valence-corrected chi connectivity index (χ2v) is 5.64. The van der Waals surface area contributed by atoms with Gasteiger partial charge < -0.3 is 9.47 Å². The highest BCUT2D eigenvalue weighted by Crippen LogP contribution is 2.30. The first-order chi connectivity index (χ1) is 11.1. The highest BCUT2D eigenvalue weighted by molar-refractivity contribution is 9.10. The van der Waals surface area contributed by atoms with Gasteiger partial charge in [-0.1, -0.05) is 28.1 Å². The molecule has 0 aliphatic carbocycles. The van der Waals surface area contributed by atoms with Gasteiger partial charge in [0.15, 0.2) is 11.6 Å². The highest BCUT2D eigenvalue weighted by atomic mass is 79.9. The van der Waals surface area contributed by atoms with E-state index in [2.05, 4.69) is 25.7 Å². The van der Waals surface area contributed by atoms with Crippen molar-refractivity contribution < 1.29 is 18.7 Å². The number of benzene rings is 2. The average molecular weight is 376 g/mol. The molecule has 0 saturated carbocycles. The van der Waals surface area contributed by atoms with Crippen LogP contribution in [0.1, 0.15) is 10.4 Å². The molecule has 2 aromatic carbocycles. The van der Waals surface area contributed by atoms with Crippen LogP contribution < -0.4 is 4.74 Å². The smallest absolute Gasteiger partial charge is 0.339 e. The lowest BCUT2D eigenvalue weighted by atomic mass is 10.1. The maximum absolute atomic E-state index is 14.5. The molecular formula is C17H11BrFNO3. The van der Waals surface area contributed by atoms with E-state index in [1.54, 1.807) is 24.3 Å². The zero-order valence-corrected chi connectivity index (χ0v) is 13.6. The van der Waals surface area contributed by atoms with Crippen molar-refractivity contribution in [2.45, 2.75) is 0 Å². The van der Waals surface area contributed by atoms with Crippen LogP contribution in [0, 0.1) is 5.82 Å². The maximum Gasteiger partial charge on any atom is 0.339 e. The number of nitrogens with zero attached hydrogens (tertiary/aromatic N) is 1. The number of carbonyl (C=O) groups is 1. The minimum Gasteiger partial charge on any atom is -0.465 e. The Morgan fingerprint density at radius 2 is 2.00 bits per heavy atom. The number of rotatable bonds is 3. The fourth-order valence-corrected chi connectivity index (χ4v) is 2.49. The van der Waals surface area contributed by atoms with Gasteiger partial charge in [0.1, 0.15) is 0 Å². The summed E-state index contributed by atoms with van der Waals surface area (Å²) >= 11 is 3.35. The topological polar surface area (TPSA) is 48.4 Å². The SMILES string of the molecule is COC(=O)c1ccc(Oc2ccc3cc(Br)ccc3c2F)nc1. The molecule has 0 radical (unpaired) electrons. The van der Waals surface area contributed by atoms with E-state index < -0.39 is 11.8 Å². The zero-order chi connectivity index (χ0) is 16.4. The number of methoxy groups -OCH3 is 1. The Labute approximate surface area is 140 Å². The molecule has 0 bridgehead atoms. The summed E-state index contributed by atoms with van der Waals surface area (Å²) in [6, 6.07) is 11.6. The van der Waals surface area contributed by atoms with Gasteiger partial charge in [-0.2, -0.15) is 0 Å². The second kappa shape index (κ2) is 6.34. The molecule has 0 amide bonds. The van der Waals surface area contributed by atoms with Gasteiger partial charge in [0.25, 0.3) is 0 Å². The number of esters is 1. The first-order valence-electron chi connectivity index (χ1n) is 6.68. The molecule has 0 atom stereocenters. The number of ether oxygens (including phenoxy) is 2. The Morgan fingerprint density at radius 3 is 2.70 bits per heavy atom. The molecule has 0 saturated heterocycles. The maximum atomic E-state index is 14.5. The van der Waals surface area contributed by atoms with Crippen molar-refractivity contribution in [2.75, 3.05) is 7.11 Å². The molecule has 4 nitrogen and oxygen atoms in total. The predicted octanol–water partition coefficient (Wildman–Crippen LogP) is 4.72. The predicted molar refractivity (Wildman–Crippen MR) is 87.3 cm³/mol. The third-order valence-corrected chi connectivity index (χ3v) is 3.75. The Morgan fingerprint density at radius 1 is 1.17 bits per heavy atom. The summed E-state index contributed by atoms with van der Waals surface area (Å²) in [4.78, 5) is 15.3. The summed E-state index contributed by atoms with van der Waals surface area (Å²) in [7, 11) is 1.29. The number of pyridine rings is 1. The summed E-state index contributed by atoms with van der Waals surface area (Å²) in [5.74, 6) is -0.702. The van der Waals surface area contributed by atoms with Crippen LogP contribution >= 0.6 is 15.9 Å². The van der Waals surface area contributed by atoms with Crippen molar-refractivity contribution in [3.05, 3.63) is 64.5 Å². The first-order valence-corrected chi connectivity index (χ1v) is 7.48. The molecule has 0 aliphatic heterocycles. The molecule has 0 N–H and O–H groups in total. The molecule has 1 aromatic heterocycles. The van der Waals surface area contributed by atoms with Crippen molar-refractivity contribution >= 4 is 32.7 Å². The first kappa shape index (κ1) is 15.4. The van der Waals surface area contributed by atoms with Gasteiger partial charge >= 0.3 is 5.97 Å². The lowest BCUT2D eigenvalue weighted by Gasteiger charge is -2.08. The van der Waals surface area contributed by atoms with Gasteiger partial charge in [0.05, 0.1) is 12.7 Å². The van der Waals surface area contributed by atoms with Crippen molar-refractivity contribution in [1.82, 2.24) is 4.98 Å². The van der Waals surface area contributed by atoms with E-state index >= 15 is 0 Å². The van der Waals surface area contributed by atoms with Crippen LogP contribution in [0.5, 0.6) is 11.6 Å². The van der Waals surface area contributed by atoms with Crippen molar-refractivity contribution in [1.29, 1.82) is 0 Å². The van der Waals surface area contributed by atoms with Gasteiger partial charge in [-0.15, -0.1) is 0 Å². The largest absolute Gasteiger partial charge is 0.465 e. The van der Waals surface area contributed by atoms with E-state index in [4.69, 9.17) is 4.74 Å². The molecular weight excluding hydrogens is 365 g/mol. The van der Waals surface area contributed by atoms with Crippen LogP contribution in [-0.2, 0) is 4.74 Å². The van der Waals surface area contributed by atoms with Gasteiger partial charge in [-0.3, -0.25) is 0 Å². The fourth-order valence-electron chi connectivity index (χ4n) is 2.11. The fraction of sp³-hybridized carbons (Fsp3) is 0.0588. The van der Waals surface area contributed by atoms with Gasteiger partial charge in [0.2, 0.25) is 5.88 Å². The van der Waals surface area contributed by atoms with E-state index in [0.717, 1.165) is 9.86 Å². The normalized spacial score (nSPS) is 10.6.